The molecule has 1 aromatic rings. The first-order valence-corrected chi connectivity index (χ1v) is 8.51. The molecule has 2 fully saturated rings. The van der Waals surface area contributed by atoms with Crippen LogP contribution in [0.2, 0.25) is 0 Å². The van der Waals surface area contributed by atoms with Crippen LogP contribution in [0.25, 0.3) is 0 Å². The summed E-state index contributed by atoms with van der Waals surface area (Å²) in [6, 6.07) is 3.78. The molecule has 22 heavy (non-hydrogen) atoms. The molecule has 5 heteroatoms. The number of anilines is 1. The van der Waals surface area contributed by atoms with Crippen LogP contribution in [0.4, 0.5) is 5.82 Å². The molecule has 0 N–H and O–H groups in total. The number of hydrogen-bond acceptors (Lipinski definition) is 4. The van der Waals surface area contributed by atoms with E-state index in [-0.39, 0.29) is 5.91 Å². The molecule has 0 aliphatic carbocycles. The number of amides is 1. The molecule has 2 aliphatic rings. The van der Waals surface area contributed by atoms with Crippen molar-refractivity contribution in [3.8, 4) is 0 Å². The van der Waals surface area contributed by atoms with Gasteiger partial charge in [0.1, 0.15) is 0 Å². The van der Waals surface area contributed by atoms with Gasteiger partial charge in [0.05, 0.1) is 0 Å². The number of aromatic nitrogens is 2. The second-order valence-electron chi connectivity index (χ2n) is 6.94. The molecule has 0 radical (unpaired) electrons. The number of nitrogens with zero attached hydrogens (tertiary/aromatic N) is 4. The van der Waals surface area contributed by atoms with E-state index in [4.69, 9.17) is 0 Å². The Bertz CT molecular complexity index is 508. The molecule has 1 aromatic heterocycles. The third-order valence-electron chi connectivity index (χ3n) is 4.92. The largest absolute Gasteiger partial charge is 0.355 e. The molecule has 0 saturated carbocycles. The standard InChI is InChI=1S/C17H26N4O/c1-13-7-10-20(11-8-13)16-6-5-15(18-19-16)17(22)21-9-3-4-14(2)12-21/h5-6,13-14H,3-4,7-12H2,1-2H3. The van der Waals surface area contributed by atoms with Gasteiger partial charge in [0, 0.05) is 26.2 Å². The third-order valence-corrected chi connectivity index (χ3v) is 4.92. The van der Waals surface area contributed by atoms with Crippen molar-refractivity contribution in [3.63, 3.8) is 0 Å². The molecule has 0 spiro atoms. The molecule has 0 aromatic carbocycles. The van der Waals surface area contributed by atoms with Crippen LogP contribution in [-0.4, -0.2) is 47.2 Å². The Kier molecular flexibility index (Phi) is 4.60. The zero-order valence-electron chi connectivity index (χ0n) is 13.7. The predicted molar refractivity (Wildman–Crippen MR) is 86.9 cm³/mol. The number of piperidine rings is 2. The minimum absolute atomic E-state index is 0.0258. The van der Waals surface area contributed by atoms with Crippen molar-refractivity contribution in [2.75, 3.05) is 31.1 Å². The Morgan fingerprint density at radius 2 is 1.82 bits per heavy atom. The van der Waals surface area contributed by atoms with E-state index in [1.807, 2.05) is 17.0 Å². The first-order valence-electron chi connectivity index (χ1n) is 8.51. The predicted octanol–water partition coefficient (Wildman–Crippen LogP) is 2.59. The van der Waals surface area contributed by atoms with Crippen molar-refractivity contribution in [2.45, 2.75) is 39.5 Å². The maximum Gasteiger partial charge on any atom is 0.274 e. The van der Waals surface area contributed by atoms with Gasteiger partial charge in [-0.2, -0.15) is 0 Å². The van der Waals surface area contributed by atoms with E-state index in [2.05, 4.69) is 28.9 Å². The lowest BCUT2D eigenvalue weighted by Crippen LogP contribution is -2.39. The molecular formula is C17H26N4O. The zero-order valence-corrected chi connectivity index (χ0v) is 13.7. The summed E-state index contributed by atoms with van der Waals surface area (Å²) in [7, 11) is 0. The summed E-state index contributed by atoms with van der Waals surface area (Å²) in [5, 5.41) is 8.48. The summed E-state index contributed by atoms with van der Waals surface area (Å²) >= 11 is 0. The van der Waals surface area contributed by atoms with Gasteiger partial charge in [-0.25, -0.2) is 0 Å². The van der Waals surface area contributed by atoms with E-state index in [1.165, 1.54) is 19.3 Å². The van der Waals surface area contributed by atoms with Crippen LogP contribution in [0.1, 0.15) is 50.0 Å². The Hall–Kier alpha value is -1.65. The lowest BCUT2D eigenvalue weighted by molar-refractivity contribution is 0.0676. The maximum atomic E-state index is 12.5. The number of carbonyl (C=O) groups is 1. The number of rotatable bonds is 2. The van der Waals surface area contributed by atoms with E-state index in [0.717, 1.165) is 44.3 Å². The number of hydrogen-bond donors (Lipinski definition) is 0. The highest BCUT2D eigenvalue weighted by molar-refractivity contribution is 5.92. The van der Waals surface area contributed by atoms with Crippen LogP contribution in [0, 0.1) is 11.8 Å². The normalized spacial score (nSPS) is 23.6. The van der Waals surface area contributed by atoms with E-state index in [9.17, 15) is 4.79 Å². The summed E-state index contributed by atoms with van der Waals surface area (Å²) in [4.78, 5) is 16.7. The van der Waals surface area contributed by atoms with Crippen LogP contribution in [0.3, 0.4) is 0 Å². The Labute approximate surface area is 132 Å². The van der Waals surface area contributed by atoms with Crippen molar-refractivity contribution in [1.82, 2.24) is 15.1 Å². The van der Waals surface area contributed by atoms with Crippen molar-refractivity contribution in [3.05, 3.63) is 17.8 Å². The average molecular weight is 302 g/mol. The fourth-order valence-electron chi connectivity index (χ4n) is 3.38. The van der Waals surface area contributed by atoms with Gasteiger partial charge in [-0.05, 0) is 49.7 Å². The Balaban J connectivity index is 1.64. The summed E-state index contributed by atoms with van der Waals surface area (Å²) in [6.07, 6.45) is 4.70. The van der Waals surface area contributed by atoms with Crippen LogP contribution in [0.5, 0.6) is 0 Å². The Morgan fingerprint density at radius 1 is 1.05 bits per heavy atom. The van der Waals surface area contributed by atoms with E-state index in [0.29, 0.717) is 11.6 Å². The average Bonchev–Trinajstić information content (AvgIpc) is 2.55. The molecule has 5 nitrogen and oxygen atoms in total. The smallest absolute Gasteiger partial charge is 0.274 e. The quantitative estimate of drug-likeness (QED) is 0.842. The van der Waals surface area contributed by atoms with Crippen LogP contribution >= 0.6 is 0 Å². The van der Waals surface area contributed by atoms with Gasteiger partial charge in [-0.3, -0.25) is 4.79 Å². The van der Waals surface area contributed by atoms with Gasteiger partial charge in [-0.15, -0.1) is 10.2 Å². The zero-order chi connectivity index (χ0) is 15.5. The second kappa shape index (κ2) is 6.63. The van der Waals surface area contributed by atoms with Crippen LogP contribution < -0.4 is 4.90 Å². The lowest BCUT2D eigenvalue weighted by Gasteiger charge is -2.31. The first-order chi connectivity index (χ1) is 10.6. The highest BCUT2D eigenvalue weighted by Crippen LogP contribution is 2.21. The topological polar surface area (TPSA) is 49.3 Å². The number of likely N-dealkylation sites (tertiary alicyclic amines) is 1. The fourth-order valence-corrected chi connectivity index (χ4v) is 3.38. The van der Waals surface area contributed by atoms with E-state index in [1.54, 1.807) is 0 Å². The summed E-state index contributed by atoms with van der Waals surface area (Å²) in [6.45, 7) is 8.25. The fraction of sp³-hybridized carbons (Fsp3) is 0.706. The van der Waals surface area contributed by atoms with E-state index < -0.39 is 0 Å². The first kappa shape index (κ1) is 15.3. The summed E-state index contributed by atoms with van der Waals surface area (Å²) in [5.74, 6) is 2.31. The van der Waals surface area contributed by atoms with Crippen molar-refractivity contribution >= 4 is 11.7 Å². The van der Waals surface area contributed by atoms with Gasteiger partial charge < -0.3 is 9.80 Å². The SMILES string of the molecule is CC1CCN(c2ccc(C(=O)N3CCCC(C)C3)nn2)CC1. The van der Waals surface area contributed by atoms with Gasteiger partial charge in [0.15, 0.2) is 11.5 Å². The lowest BCUT2D eigenvalue weighted by atomic mass is 9.99. The highest BCUT2D eigenvalue weighted by Gasteiger charge is 2.24. The highest BCUT2D eigenvalue weighted by atomic mass is 16.2. The number of carbonyl (C=O) groups excluding carboxylic acids is 1. The van der Waals surface area contributed by atoms with Gasteiger partial charge >= 0.3 is 0 Å². The monoisotopic (exact) mass is 302 g/mol. The van der Waals surface area contributed by atoms with Gasteiger partial charge in [0.25, 0.3) is 5.91 Å². The molecule has 1 unspecified atom stereocenters. The minimum atomic E-state index is 0.0258. The molecule has 1 atom stereocenters. The third kappa shape index (κ3) is 3.39. The Morgan fingerprint density at radius 3 is 2.45 bits per heavy atom. The molecule has 0 bridgehead atoms. The van der Waals surface area contributed by atoms with E-state index >= 15 is 0 Å². The maximum absolute atomic E-state index is 12.5. The molecule has 120 valence electrons. The van der Waals surface area contributed by atoms with Crippen molar-refractivity contribution in [2.24, 2.45) is 11.8 Å². The van der Waals surface area contributed by atoms with Gasteiger partial charge in [-0.1, -0.05) is 13.8 Å². The van der Waals surface area contributed by atoms with Gasteiger partial charge in [0.2, 0.25) is 0 Å². The van der Waals surface area contributed by atoms with Crippen LogP contribution in [-0.2, 0) is 0 Å². The summed E-state index contributed by atoms with van der Waals surface area (Å²) < 4.78 is 0. The van der Waals surface area contributed by atoms with Crippen molar-refractivity contribution in [1.29, 1.82) is 0 Å². The van der Waals surface area contributed by atoms with Crippen LogP contribution in [0.15, 0.2) is 12.1 Å². The second-order valence-corrected chi connectivity index (χ2v) is 6.94. The molecule has 1 amide bonds. The van der Waals surface area contributed by atoms with Crippen molar-refractivity contribution < 1.29 is 4.79 Å². The summed E-state index contributed by atoms with van der Waals surface area (Å²) in [5.41, 5.74) is 0.475. The molecular weight excluding hydrogens is 276 g/mol. The molecule has 3 rings (SSSR count). The molecule has 3 heterocycles. The molecule has 2 saturated heterocycles. The minimum Gasteiger partial charge on any atom is -0.355 e. The molecule has 2 aliphatic heterocycles.